The number of rotatable bonds is 4. The highest BCUT2D eigenvalue weighted by molar-refractivity contribution is 6.15. The van der Waals surface area contributed by atoms with Crippen LogP contribution in [0.1, 0.15) is 0 Å². The second-order valence-corrected chi connectivity index (χ2v) is 12.8. The molecule has 0 fully saturated rings. The molecule has 1 aliphatic heterocycles. The molecule has 238 valence electrons. The highest BCUT2D eigenvalue weighted by atomic mass is 16.5. The summed E-state index contributed by atoms with van der Waals surface area (Å²) in [7, 11) is 0. The van der Waals surface area contributed by atoms with Crippen LogP contribution in [0.4, 0.5) is 0 Å². The normalized spacial score (nSPS) is 12.1. The minimum atomic E-state index is 0.610. The van der Waals surface area contributed by atoms with Crippen molar-refractivity contribution in [2.24, 2.45) is 0 Å². The number of hydrogen-bond acceptors (Lipinski definition) is 5. The van der Waals surface area contributed by atoms with Gasteiger partial charge in [0.2, 0.25) is 0 Å². The van der Waals surface area contributed by atoms with Crippen LogP contribution in [0, 0.1) is 0 Å². The Morgan fingerprint density at radius 3 is 1.84 bits per heavy atom. The van der Waals surface area contributed by atoms with Gasteiger partial charge in [-0.3, -0.25) is 0 Å². The average molecular weight is 655 g/mol. The minimum Gasteiger partial charge on any atom is -0.455 e. The summed E-state index contributed by atoms with van der Waals surface area (Å²) in [6, 6.07) is 53.8. The Morgan fingerprint density at radius 2 is 1.06 bits per heavy atom. The van der Waals surface area contributed by atoms with E-state index in [1.54, 1.807) is 0 Å². The first-order valence-electron chi connectivity index (χ1n) is 16.9. The molecule has 11 rings (SSSR count). The maximum Gasteiger partial charge on any atom is 0.164 e. The smallest absolute Gasteiger partial charge is 0.164 e. The third kappa shape index (κ3) is 4.26. The lowest BCUT2D eigenvalue weighted by Crippen LogP contribution is -2.03. The van der Waals surface area contributed by atoms with Crippen LogP contribution < -0.4 is 4.74 Å². The van der Waals surface area contributed by atoms with Crippen molar-refractivity contribution < 1.29 is 9.15 Å². The molecule has 0 atom stereocenters. The molecule has 7 aromatic carbocycles. The molecule has 0 saturated heterocycles. The van der Waals surface area contributed by atoms with Crippen LogP contribution in [0.3, 0.4) is 0 Å². The number of hydrogen-bond donors (Lipinski definition) is 0. The number of para-hydroxylation sites is 4. The van der Waals surface area contributed by atoms with Gasteiger partial charge in [0.1, 0.15) is 11.2 Å². The summed E-state index contributed by atoms with van der Waals surface area (Å²) in [4.78, 5) is 14.8. The van der Waals surface area contributed by atoms with Crippen molar-refractivity contribution in [1.82, 2.24) is 19.5 Å². The number of nitrogens with zero attached hydrogens (tertiary/aromatic N) is 4. The van der Waals surface area contributed by atoms with Crippen LogP contribution in [0.15, 0.2) is 162 Å². The maximum absolute atomic E-state index is 6.64. The topological polar surface area (TPSA) is 66.0 Å². The van der Waals surface area contributed by atoms with Gasteiger partial charge in [0.05, 0.1) is 16.7 Å². The van der Waals surface area contributed by atoms with Gasteiger partial charge in [-0.25, -0.2) is 15.0 Å². The third-order valence-electron chi connectivity index (χ3n) is 9.84. The Morgan fingerprint density at radius 1 is 0.431 bits per heavy atom. The lowest BCUT2D eigenvalue weighted by Gasteiger charge is -2.20. The van der Waals surface area contributed by atoms with E-state index in [0.29, 0.717) is 17.5 Å². The van der Waals surface area contributed by atoms with Crippen molar-refractivity contribution in [2.75, 3.05) is 0 Å². The first-order valence-corrected chi connectivity index (χ1v) is 16.9. The first-order chi connectivity index (χ1) is 25.3. The van der Waals surface area contributed by atoms with Crippen molar-refractivity contribution in [3.8, 4) is 62.5 Å². The zero-order chi connectivity index (χ0) is 33.5. The molecular formula is C45H26N4O2. The zero-order valence-corrected chi connectivity index (χ0v) is 27.1. The Balaban J connectivity index is 1.07. The second kappa shape index (κ2) is 10.7. The van der Waals surface area contributed by atoms with E-state index < -0.39 is 0 Å². The monoisotopic (exact) mass is 654 g/mol. The molecule has 0 spiro atoms. The van der Waals surface area contributed by atoms with Gasteiger partial charge in [0, 0.05) is 43.8 Å². The maximum atomic E-state index is 6.64. The Kier molecular flexibility index (Phi) is 5.86. The van der Waals surface area contributed by atoms with E-state index in [4.69, 9.17) is 24.1 Å². The molecule has 0 N–H and O–H groups in total. The summed E-state index contributed by atoms with van der Waals surface area (Å²) in [5.74, 6) is 3.60. The van der Waals surface area contributed by atoms with Gasteiger partial charge in [0.25, 0.3) is 0 Å². The molecular weight excluding hydrogens is 629 g/mol. The Hall–Kier alpha value is -7.05. The summed E-state index contributed by atoms with van der Waals surface area (Å²) in [5, 5.41) is 4.37. The van der Waals surface area contributed by atoms with Gasteiger partial charge in [-0.2, -0.15) is 0 Å². The molecule has 0 amide bonds. The van der Waals surface area contributed by atoms with E-state index in [0.717, 1.165) is 83.4 Å². The van der Waals surface area contributed by atoms with Crippen LogP contribution in [-0.2, 0) is 0 Å². The minimum absolute atomic E-state index is 0.610. The second-order valence-electron chi connectivity index (χ2n) is 12.8. The summed E-state index contributed by atoms with van der Waals surface area (Å²) in [5.41, 5.74) is 9.81. The largest absolute Gasteiger partial charge is 0.455 e. The lowest BCUT2D eigenvalue weighted by atomic mass is 10.00. The van der Waals surface area contributed by atoms with E-state index in [1.807, 2.05) is 91.0 Å². The van der Waals surface area contributed by atoms with Crippen molar-refractivity contribution in [1.29, 1.82) is 0 Å². The zero-order valence-electron chi connectivity index (χ0n) is 27.1. The van der Waals surface area contributed by atoms with E-state index in [-0.39, 0.29) is 0 Å². The molecule has 0 aliphatic carbocycles. The molecule has 0 unspecified atom stereocenters. The highest BCUT2D eigenvalue weighted by Crippen LogP contribution is 2.46. The van der Waals surface area contributed by atoms with Crippen molar-refractivity contribution in [3.63, 3.8) is 0 Å². The van der Waals surface area contributed by atoms with Crippen LogP contribution >= 0.6 is 0 Å². The van der Waals surface area contributed by atoms with Gasteiger partial charge >= 0.3 is 0 Å². The molecule has 0 bridgehead atoms. The van der Waals surface area contributed by atoms with Crippen LogP contribution in [0.5, 0.6) is 11.5 Å². The van der Waals surface area contributed by atoms with Gasteiger partial charge < -0.3 is 13.7 Å². The van der Waals surface area contributed by atoms with Crippen LogP contribution in [0.2, 0.25) is 0 Å². The van der Waals surface area contributed by atoms with Crippen molar-refractivity contribution in [3.05, 3.63) is 158 Å². The fourth-order valence-corrected chi connectivity index (χ4v) is 7.49. The predicted molar refractivity (Wildman–Crippen MR) is 203 cm³/mol. The molecule has 6 heteroatoms. The van der Waals surface area contributed by atoms with Gasteiger partial charge in [0.15, 0.2) is 29.0 Å². The molecule has 4 heterocycles. The summed E-state index contributed by atoms with van der Waals surface area (Å²) < 4.78 is 15.3. The summed E-state index contributed by atoms with van der Waals surface area (Å²) in [6.45, 7) is 0. The standard InChI is InChI=1S/C45H26N4O2/c1-3-11-27(12-4-1)43-46-44(28-13-5-2-6-14-28)48-45(47-43)30-22-24-38-35(26-30)33-17-9-15-31(42(33)51-38)29-21-23-36-34(25-29)32-16-10-20-40-41(32)49(36)37-18-7-8-19-39(37)50-40/h1-26H. The SMILES string of the molecule is c1ccc(-c2nc(-c3ccccc3)nc(-c3ccc4oc5c(-c6ccc7c(c6)c6cccc8c6n7-c6ccccc6O8)cccc5c4c3)n2)cc1. The number of ether oxygens (including phenoxy) is 1. The first kappa shape index (κ1) is 27.9. The fraction of sp³-hybridized carbons (Fsp3) is 0. The van der Waals surface area contributed by atoms with Gasteiger partial charge in [-0.1, -0.05) is 109 Å². The molecule has 10 aromatic rings. The molecule has 1 aliphatic rings. The van der Waals surface area contributed by atoms with Crippen molar-refractivity contribution >= 4 is 43.7 Å². The molecule has 0 radical (unpaired) electrons. The highest BCUT2D eigenvalue weighted by Gasteiger charge is 2.24. The third-order valence-corrected chi connectivity index (χ3v) is 9.84. The van der Waals surface area contributed by atoms with E-state index in [9.17, 15) is 0 Å². The van der Waals surface area contributed by atoms with Crippen molar-refractivity contribution in [2.45, 2.75) is 0 Å². The van der Waals surface area contributed by atoms with E-state index in [2.05, 4.69) is 71.3 Å². The summed E-state index contributed by atoms with van der Waals surface area (Å²) >= 11 is 0. The number of fused-ring (bicyclic) bond motifs is 8. The van der Waals surface area contributed by atoms with E-state index >= 15 is 0 Å². The van der Waals surface area contributed by atoms with Gasteiger partial charge in [-0.15, -0.1) is 0 Å². The predicted octanol–water partition coefficient (Wildman–Crippen LogP) is 11.6. The average Bonchev–Trinajstić information content (AvgIpc) is 3.75. The van der Waals surface area contributed by atoms with E-state index in [1.165, 1.54) is 5.39 Å². The molecule has 51 heavy (non-hydrogen) atoms. The molecule has 0 saturated carbocycles. The quantitative estimate of drug-likeness (QED) is 0.189. The molecule has 6 nitrogen and oxygen atoms in total. The number of furan rings is 1. The lowest BCUT2D eigenvalue weighted by molar-refractivity contribution is 0.476. The summed E-state index contributed by atoms with van der Waals surface area (Å²) in [6.07, 6.45) is 0. The number of aromatic nitrogens is 4. The van der Waals surface area contributed by atoms with Gasteiger partial charge in [-0.05, 0) is 54.1 Å². The fourth-order valence-electron chi connectivity index (χ4n) is 7.49. The van der Waals surface area contributed by atoms with Crippen LogP contribution in [-0.4, -0.2) is 19.5 Å². The van der Waals surface area contributed by atoms with Crippen LogP contribution in [0.25, 0.3) is 94.7 Å². The Labute approximate surface area is 291 Å². The number of benzene rings is 7. The Bertz CT molecular complexity index is 2940. The molecule has 3 aromatic heterocycles.